The van der Waals surface area contributed by atoms with E-state index in [2.05, 4.69) is 24.3 Å². The highest BCUT2D eigenvalue weighted by Gasteiger charge is 2.26. The predicted molar refractivity (Wildman–Crippen MR) is 64.4 cm³/mol. The van der Waals surface area contributed by atoms with Crippen molar-refractivity contribution in [1.82, 2.24) is 0 Å². The first-order valence-electron chi connectivity index (χ1n) is 5.43. The molecule has 80 valence electrons. The summed E-state index contributed by atoms with van der Waals surface area (Å²) in [6, 6.07) is 15.9. The molecule has 16 heavy (non-hydrogen) atoms. The van der Waals surface area contributed by atoms with E-state index in [1.54, 1.807) is 0 Å². The van der Waals surface area contributed by atoms with Gasteiger partial charge in [-0.1, -0.05) is 24.3 Å². The number of fused-ring (bicyclic) bond motifs is 1. The second-order valence-electron chi connectivity index (χ2n) is 4.08. The van der Waals surface area contributed by atoms with Gasteiger partial charge in [0.1, 0.15) is 11.9 Å². The van der Waals surface area contributed by atoms with Gasteiger partial charge in [0, 0.05) is 12.1 Å². The molecule has 0 heterocycles. The molecule has 0 saturated heterocycles. The van der Waals surface area contributed by atoms with Crippen molar-refractivity contribution in [2.45, 2.75) is 12.5 Å². The van der Waals surface area contributed by atoms with Gasteiger partial charge in [0.05, 0.1) is 0 Å². The molecule has 1 atom stereocenters. The molecule has 0 aliphatic heterocycles. The SMILES string of the molecule is Nc1ccc(OC2Cc3ccccc32)cc1. The minimum atomic E-state index is 0.208. The van der Waals surface area contributed by atoms with Crippen molar-refractivity contribution < 1.29 is 4.74 Å². The molecule has 0 saturated carbocycles. The maximum absolute atomic E-state index is 5.88. The smallest absolute Gasteiger partial charge is 0.128 e. The molecule has 2 heteroatoms. The third kappa shape index (κ3) is 1.52. The zero-order valence-corrected chi connectivity index (χ0v) is 8.89. The summed E-state index contributed by atoms with van der Waals surface area (Å²) in [5, 5.41) is 0. The van der Waals surface area contributed by atoms with Gasteiger partial charge in [-0.3, -0.25) is 0 Å². The van der Waals surface area contributed by atoms with Gasteiger partial charge in [0.15, 0.2) is 0 Å². The van der Waals surface area contributed by atoms with Crippen molar-refractivity contribution >= 4 is 5.69 Å². The Kier molecular flexibility index (Phi) is 2.07. The van der Waals surface area contributed by atoms with Crippen LogP contribution in [0.4, 0.5) is 5.69 Å². The summed E-state index contributed by atoms with van der Waals surface area (Å²) >= 11 is 0. The maximum atomic E-state index is 5.88. The Balaban J connectivity index is 1.77. The fourth-order valence-electron chi connectivity index (χ4n) is 2.03. The van der Waals surface area contributed by atoms with Crippen molar-refractivity contribution in [2.75, 3.05) is 5.73 Å². The zero-order chi connectivity index (χ0) is 11.0. The normalized spacial score (nSPS) is 17.4. The van der Waals surface area contributed by atoms with Gasteiger partial charge in [0.2, 0.25) is 0 Å². The summed E-state index contributed by atoms with van der Waals surface area (Å²) in [5.74, 6) is 0.883. The zero-order valence-electron chi connectivity index (χ0n) is 8.89. The van der Waals surface area contributed by atoms with Crippen molar-refractivity contribution in [2.24, 2.45) is 0 Å². The molecule has 0 fully saturated rings. The van der Waals surface area contributed by atoms with E-state index in [1.807, 2.05) is 24.3 Å². The van der Waals surface area contributed by atoms with Crippen LogP contribution in [0.1, 0.15) is 17.2 Å². The fraction of sp³-hybridized carbons (Fsp3) is 0.143. The van der Waals surface area contributed by atoms with E-state index in [9.17, 15) is 0 Å². The van der Waals surface area contributed by atoms with Crippen LogP contribution >= 0.6 is 0 Å². The molecule has 1 aliphatic carbocycles. The molecule has 0 spiro atoms. The standard InChI is InChI=1S/C14H13NO/c15-11-5-7-12(8-6-11)16-14-9-10-3-1-2-4-13(10)14/h1-8,14H,9,15H2. The van der Waals surface area contributed by atoms with Crippen LogP contribution in [-0.4, -0.2) is 0 Å². The first-order chi connectivity index (χ1) is 7.83. The van der Waals surface area contributed by atoms with E-state index in [-0.39, 0.29) is 6.10 Å². The van der Waals surface area contributed by atoms with E-state index < -0.39 is 0 Å². The number of nitrogen functional groups attached to an aromatic ring is 1. The lowest BCUT2D eigenvalue weighted by Crippen LogP contribution is -2.22. The maximum Gasteiger partial charge on any atom is 0.128 e. The van der Waals surface area contributed by atoms with Crippen LogP contribution in [0, 0.1) is 0 Å². The number of benzene rings is 2. The van der Waals surface area contributed by atoms with E-state index in [0.717, 1.165) is 17.9 Å². The van der Waals surface area contributed by atoms with E-state index >= 15 is 0 Å². The second-order valence-corrected chi connectivity index (χ2v) is 4.08. The third-order valence-corrected chi connectivity index (χ3v) is 2.97. The summed E-state index contributed by atoms with van der Waals surface area (Å²) in [7, 11) is 0. The molecular weight excluding hydrogens is 198 g/mol. The highest BCUT2D eigenvalue weighted by atomic mass is 16.5. The average molecular weight is 211 g/mol. The quantitative estimate of drug-likeness (QED) is 0.775. The van der Waals surface area contributed by atoms with Crippen LogP contribution in [0.2, 0.25) is 0 Å². The number of hydrogen-bond acceptors (Lipinski definition) is 2. The molecule has 0 bridgehead atoms. The summed E-state index contributed by atoms with van der Waals surface area (Å²) < 4.78 is 5.88. The molecule has 2 aromatic rings. The van der Waals surface area contributed by atoms with E-state index in [0.29, 0.717) is 0 Å². The van der Waals surface area contributed by atoms with Crippen molar-refractivity contribution in [3.05, 3.63) is 59.7 Å². The van der Waals surface area contributed by atoms with E-state index in [1.165, 1.54) is 11.1 Å². The Bertz CT molecular complexity index is 504. The minimum Gasteiger partial charge on any atom is -0.485 e. The molecule has 2 aromatic carbocycles. The van der Waals surface area contributed by atoms with Crippen LogP contribution in [0.5, 0.6) is 5.75 Å². The predicted octanol–water partition coefficient (Wildman–Crippen LogP) is 2.95. The van der Waals surface area contributed by atoms with Gasteiger partial charge in [-0.2, -0.15) is 0 Å². The fourth-order valence-corrected chi connectivity index (χ4v) is 2.03. The monoisotopic (exact) mass is 211 g/mol. The Morgan fingerprint density at radius 3 is 2.50 bits per heavy atom. The van der Waals surface area contributed by atoms with Crippen LogP contribution < -0.4 is 10.5 Å². The molecule has 1 aliphatic rings. The van der Waals surface area contributed by atoms with Crippen molar-refractivity contribution in [3.63, 3.8) is 0 Å². The summed E-state index contributed by atoms with van der Waals surface area (Å²) in [6.07, 6.45) is 1.21. The average Bonchev–Trinajstić information content (AvgIpc) is 2.28. The molecule has 1 unspecified atom stereocenters. The topological polar surface area (TPSA) is 35.2 Å². The number of nitrogens with two attached hydrogens (primary N) is 1. The lowest BCUT2D eigenvalue weighted by molar-refractivity contribution is 0.181. The molecule has 2 nitrogen and oxygen atoms in total. The largest absolute Gasteiger partial charge is 0.485 e. The third-order valence-electron chi connectivity index (χ3n) is 2.97. The number of anilines is 1. The van der Waals surface area contributed by atoms with Crippen molar-refractivity contribution in [3.8, 4) is 5.75 Å². The van der Waals surface area contributed by atoms with Crippen LogP contribution in [-0.2, 0) is 6.42 Å². The van der Waals surface area contributed by atoms with Crippen LogP contribution in [0.25, 0.3) is 0 Å². The number of rotatable bonds is 2. The highest BCUT2D eigenvalue weighted by Crippen LogP contribution is 2.36. The Hall–Kier alpha value is -1.96. The van der Waals surface area contributed by atoms with Gasteiger partial charge in [0.25, 0.3) is 0 Å². The molecule has 2 N–H and O–H groups in total. The first-order valence-corrected chi connectivity index (χ1v) is 5.43. The number of ether oxygens (including phenoxy) is 1. The molecular formula is C14H13NO. The first kappa shape index (κ1) is 9.28. The van der Waals surface area contributed by atoms with Gasteiger partial charge in [-0.05, 0) is 35.4 Å². The summed E-state index contributed by atoms with van der Waals surface area (Å²) in [5.41, 5.74) is 9.09. The van der Waals surface area contributed by atoms with Gasteiger partial charge < -0.3 is 10.5 Å². The molecule has 0 radical (unpaired) electrons. The van der Waals surface area contributed by atoms with E-state index in [4.69, 9.17) is 10.5 Å². The highest BCUT2D eigenvalue weighted by molar-refractivity contribution is 5.43. The summed E-state index contributed by atoms with van der Waals surface area (Å²) in [6.45, 7) is 0. The van der Waals surface area contributed by atoms with Crippen LogP contribution in [0.3, 0.4) is 0 Å². The minimum absolute atomic E-state index is 0.208. The second kappa shape index (κ2) is 3.56. The van der Waals surface area contributed by atoms with Crippen LogP contribution in [0.15, 0.2) is 48.5 Å². The lowest BCUT2D eigenvalue weighted by Gasteiger charge is -2.30. The Labute approximate surface area is 94.7 Å². The van der Waals surface area contributed by atoms with Crippen molar-refractivity contribution in [1.29, 1.82) is 0 Å². The van der Waals surface area contributed by atoms with Gasteiger partial charge in [-0.15, -0.1) is 0 Å². The van der Waals surface area contributed by atoms with Gasteiger partial charge in [-0.25, -0.2) is 0 Å². The molecule has 0 amide bonds. The Morgan fingerprint density at radius 2 is 1.75 bits per heavy atom. The lowest BCUT2D eigenvalue weighted by atomic mass is 9.85. The Morgan fingerprint density at radius 1 is 1.00 bits per heavy atom. The number of hydrogen-bond donors (Lipinski definition) is 1. The van der Waals surface area contributed by atoms with Gasteiger partial charge >= 0.3 is 0 Å². The summed E-state index contributed by atoms with van der Waals surface area (Å²) in [4.78, 5) is 0. The molecule has 3 rings (SSSR count). The molecule has 0 aromatic heterocycles.